The number of rotatable bonds is 3. The highest BCUT2D eigenvalue weighted by molar-refractivity contribution is 9.10. The Morgan fingerprint density at radius 2 is 2.20 bits per heavy atom. The molecule has 0 spiro atoms. The van der Waals surface area contributed by atoms with Crippen molar-refractivity contribution in [2.75, 3.05) is 19.6 Å². The SMILES string of the molecule is CCC(Br)C(=O)NC1CN2CCC1CC2. The highest BCUT2D eigenvalue weighted by Crippen LogP contribution is 2.27. The summed E-state index contributed by atoms with van der Waals surface area (Å²) < 4.78 is 0. The molecule has 3 rings (SSSR count). The summed E-state index contributed by atoms with van der Waals surface area (Å²) in [6.45, 7) is 5.53. The first-order chi connectivity index (χ1) is 7.20. The summed E-state index contributed by atoms with van der Waals surface area (Å²) in [6.07, 6.45) is 3.36. The zero-order chi connectivity index (χ0) is 10.8. The summed E-state index contributed by atoms with van der Waals surface area (Å²) in [5.41, 5.74) is 0. The Kier molecular flexibility index (Phi) is 3.67. The maximum absolute atomic E-state index is 11.7. The van der Waals surface area contributed by atoms with Gasteiger partial charge in [0, 0.05) is 12.6 Å². The Labute approximate surface area is 99.7 Å². The summed E-state index contributed by atoms with van der Waals surface area (Å²) in [5, 5.41) is 3.17. The van der Waals surface area contributed by atoms with Gasteiger partial charge >= 0.3 is 0 Å². The van der Waals surface area contributed by atoms with Crippen LogP contribution in [0.5, 0.6) is 0 Å². The number of carbonyl (C=O) groups is 1. The third-order valence-electron chi connectivity index (χ3n) is 3.63. The van der Waals surface area contributed by atoms with E-state index in [2.05, 4.69) is 26.1 Å². The Bertz CT molecular complexity index is 239. The number of piperidine rings is 3. The number of hydrogen-bond acceptors (Lipinski definition) is 2. The van der Waals surface area contributed by atoms with Crippen molar-refractivity contribution >= 4 is 21.8 Å². The Morgan fingerprint density at radius 3 is 2.67 bits per heavy atom. The molecule has 1 amide bonds. The first-order valence-electron chi connectivity index (χ1n) is 5.87. The molecule has 0 aromatic carbocycles. The van der Waals surface area contributed by atoms with Gasteiger partial charge in [-0.15, -0.1) is 0 Å². The lowest BCUT2D eigenvalue weighted by molar-refractivity contribution is -0.122. The van der Waals surface area contributed by atoms with Gasteiger partial charge in [0.25, 0.3) is 0 Å². The van der Waals surface area contributed by atoms with Gasteiger partial charge in [-0.2, -0.15) is 0 Å². The Morgan fingerprint density at radius 1 is 1.53 bits per heavy atom. The first-order valence-corrected chi connectivity index (χ1v) is 6.79. The van der Waals surface area contributed by atoms with Crippen molar-refractivity contribution in [2.24, 2.45) is 5.92 Å². The zero-order valence-electron chi connectivity index (χ0n) is 9.21. The summed E-state index contributed by atoms with van der Waals surface area (Å²) in [5.74, 6) is 0.881. The van der Waals surface area contributed by atoms with Gasteiger partial charge in [-0.1, -0.05) is 22.9 Å². The van der Waals surface area contributed by atoms with Crippen LogP contribution in [0, 0.1) is 5.92 Å². The number of nitrogens with zero attached hydrogens (tertiary/aromatic N) is 1. The van der Waals surface area contributed by atoms with Crippen LogP contribution in [0.1, 0.15) is 26.2 Å². The van der Waals surface area contributed by atoms with E-state index in [0.717, 1.165) is 18.9 Å². The van der Waals surface area contributed by atoms with E-state index in [0.29, 0.717) is 6.04 Å². The molecule has 0 aliphatic carbocycles. The van der Waals surface area contributed by atoms with Gasteiger partial charge in [0.2, 0.25) is 5.91 Å². The number of carbonyl (C=O) groups excluding carboxylic acids is 1. The van der Waals surface area contributed by atoms with Crippen LogP contribution in [0.15, 0.2) is 0 Å². The normalized spacial score (nSPS) is 36.3. The summed E-state index contributed by atoms with van der Waals surface area (Å²) >= 11 is 3.40. The molecule has 3 aliphatic rings. The molecule has 0 aromatic heterocycles. The predicted octanol–water partition coefficient (Wildman–Crippen LogP) is 1.37. The molecule has 3 fully saturated rings. The maximum Gasteiger partial charge on any atom is 0.234 e. The molecule has 4 heteroatoms. The molecule has 3 saturated heterocycles. The largest absolute Gasteiger partial charge is 0.351 e. The summed E-state index contributed by atoms with van der Waals surface area (Å²) in [6, 6.07) is 0.395. The molecule has 0 saturated carbocycles. The van der Waals surface area contributed by atoms with Gasteiger partial charge < -0.3 is 10.2 Å². The first kappa shape index (κ1) is 11.4. The number of amides is 1. The molecular weight excluding hydrogens is 256 g/mol. The highest BCUT2D eigenvalue weighted by Gasteiger charge is 2.35. The van der Waals surface area contributed by atoms with Crippen LogP contribution in [-0.4, -0.2) is 41.3 Å². The fraction of sp³-hybridized carbons (Fsp3) is 0.909. The van der Waals surface area contributed by atoms with Gasteiger partial charge in [-0.25, -0.2) is 0 Å². The highest BCUT2D eigenvalue weighted by atomic mass is 79.9. The minimum absolute atomic E-state index is 0.0204. The van der Waals surface area contributed by atoms with Crippen LogP contribution in [-0.2, 0) is 4.79 Å². The van der Waals surface area contributed by atoms with E-state index < -0.39 is 0 Å². The predicted molar refractivity (Wildman–Crippen MR) is 64.1 cm³/mol. The number of hydrogen-bond donors (Lipinski definition) is 1. The van der Waals surface area contributed by atoms with E-state index in [1.165, 1.54) is 25.9 Å². The molecule has 3 nitrogen and oxygen atoms in total. The molecule has 0 radical (unpaired) electrons. The van der Waals surface area contributed by atoms with Crippen LogP contribution in [0.3, 0.4) is 0 Å². The molecular formula is C11H19BrN2O. The van der Waals surface area contributed by atoms with E-state index in [1.54, 1.807) is 0 Å². The molecule has 2 unspecified atom stereocenters. The maximum atomic E-state index is 11.7. The average Bonchev–Trinajstić information content (AvgIpc) is 2.29. The van der Waals surface area contributed by atoms with E-state index >= 15 is 0 Å². The zero-order valence-corrected chi connectivity index (χ0v) is 10.8. The minimum atomic E-state index is -0.0204. The second kappa shape index (κ2) is 4.83. The second-order valence-electron chi connectivity index (χ2n) is 4.63. The van der Waals surface area contributed by atoms with Crippen molar-refractivity contribution < 1.29 is 4.79 Å². The standard InChI is InChI=1S/C11H19BrN2O/c1-2-9(12)11(15)13-10-7-14-5-3-8(10)4-6-14/h8-10H,2-7H2,1H3,(H,13,15). The van der Waals surface area contributed by atoms with Gasteiger partial charge in [0.05, 0.1) is 4.83 Å². The molecule has 3 heterocycles. The average molecular weight is 275 g/mol. The van der Waals surface area contributed by atoms with Crippen LogP contribution >= 0.6 is 15.9 Å². The van der Waals surface area contributed by atoms with Crippen molar-refractivity contribution in [3.63, 3.8) is 0 Å². The molecule has 86 valence electrons. The summed E-state index contributed by atoms with van der Waals surface area (Å²) in [4.78, 5) is 14.2. The lowest BCUT2D eigenvalue weighted by Crippen LogP contribution is -2.58. The monoisotopic (exact) mass is 274 g/mol. The smallest absolute Gasteiger partial charge is 0.234 e. The minimum Gasteiger partial charge on any atom is -0.351 e. The molecule has 0 aromatic rings. The van der Waals surface area contributed by atoms with E-state index in [1.807, 2.05) is 6.92 Å². The van der Waals surface area contributed by atoms with Gasteiger partial charge in [-0.05, 0) is 38.3 Å². The second-order valence-corrected chi connectivity index (χ2v) is 5.73. The van der Waals surface area contributed by atoms with E-state index in [9.17, 15) is 4.79 Å². The van der Waals surface area contributed by atoms with Gasteiger partial charge in [-0.3, -0.25) is 4.79 Å². The number of halogens is 1. The van der Waals surface area contributed by atoms with Crippen molar-refractivity contribution in [1.29, 1.82) is 0 Å². The van der Waals surface area contributed by atoms with Gasteiger partial charge in [0.1, 0.15) is 0 Å². The van der Waals surface area contributed by atoms with Crippen LogP contribution in [0.2, 0.25) is 0 Å². The van der Waals surface area contributed by atoms with E-state index in [-0.39, 0.29) is 10.7 Å². The molecule has 2 atom stereocenters. The van der Waals surface area contributed by atoms with Crippen LogP contribution in [0.4, 0.5) is 0 Å². The van der Waals surface area contributed by atoms with Crippen molar-refractivity contribution in [3.05, 3.63) is 0 Å². The Hall–Kier alpha value is -0.0900. The van der Waals surface area contributed by atoms with Crippen LogP contribution in [0.25, 0.3) is 0 Å². The van der Waals surface area contributed by atoms with Crippen molar-refractivity contribution in [2.45, 2.75) is 37.1 Å². The fourth-order valence-corrected chi connectivity index (χ4v) is 2.72. The fourth-order valence-electron chi connectivity index (χ4n) is 2.59. The molecule has 1 N–H and O–H groups in total. The lowest BCUT2D eigenvalue weighted by atomic mass is 9.84. The third-order valence-corrected chi connectivity index (χ3v) is 4.69. The van der Waals surface area contributed by atoms with Crippen molar-refractivity contribution in [1.82, 2.24) is 10.2 Å². The number of alkyl halides is 1. The van der Waals surface area contributed by atoms with Crippen molar-refractivity contribution in [3.8, 4) is 0 Å². The molecule has 3 aliphatic heterocycles. The third kappa shape index (κ3) is 2.53. The topological polar surface area (TPSA) is 32.3 Å². The molecule has 15 heavy (non-hydrogen) atoms. The summed E-state index contributed by atoms with van der Waals surface area (Å²) in [7, 11) is 0. The lowest BCUT2D eigenvalue weighted by Gasteiger charge is -2.45. The molecule has 2 bridgehead atoms. The Balaban J connectivity index is 1.87. The number of nitrogens with one attached hydrogen (secondary N) is 1. The van der Waals surface area contributed by atoms with Crippen LogP contribution < -0.4 is 5.32 Å². The quantitative estimate of drug-likeness (QED) is 0.789. The van der Waals surface area contributed by atoms with Gasteiger partial charge in [0.15, 0.2) is 0 Å². The van der Waals surface area contributed by atoms with E-state index in [4.69, 9.17) is 0 Å². The number of fused-ring (bicyclic) bond motifs is 3.